The highest BCUT2D eigenvalue weighted by Gasteiger charge is 2.25. The fourth-order valence-electron chi connectivity index (χ4n) is 1.64. The first-order valence-corrected chi connectivity index (χ1v) is 6.27. The Morgan fingerprint density at radius 1 is 1.13 bits per heavy atom. The Bertz CT molecular complexity index is 483. The van der Waals surface area contributed by atoms with E-state index in [0.717, 1.165) is 5.56 Å². The highest BCUT2D eigenvalue weighted by molar-refractivity contribution is 7.89. The summed E-state index contributed by atoms with van der Waals surface area (Å²) in [7, 11) is -3.30. The Labute approximate surface area is 90.1 Å². The van der Waals surface area contributed by atoms with E-state index >= 15 is 0 Å². The molecule has 2 rings (SSSR count). The van der Waals surface area contributed by atoms with Gasteiger partial charge in [-0.25, -0.2) is 8.42 Å². The molecule has 0 N–H and O–H groups in total. The molecule has 0 saturated carbocycles. The van der Waals surface area contributed by atoms with Gasteiger partial charge in [0, 0.05) is 13.1 Å². The van der Waals surface area contributed by atoms with Crippen molar-refractivity contribution in [2.24, 2.45) is 0 Å². The maximum Gasteiger partial charge on any atom is 0.243 e. The molecular weight excluding hydrogens is 210 g/mol. The molecule has 1 aliphatic heterocycles. The lowest BCUT2D eigenvalue weighted by molar-refractivity contribution is 0.487. The van der Waals surface area contributed by atoms with E-state index in [1.54, 1.807) is 12.1 Å². The zero-order valence-corrected chi connectivity index (χ0v) is 9.37. The molecule has 0 saturated heterocycles. The van der Waals surface area contributed by atoms with E-state index in [9.17, 15) is 8.42 Å². The van der Waals surface area contributed by atoms with Gasteiger partial charge < -0.3 is 0 Å². The highest BCUT2D eigenvalue weighted by atomic mass is 32.2. The van der Waals surface area contributed by atoms with Crippen LogP contribution >= 0.6 is 0 Å². The molecule has 80 valence electrons. The molecule has 0 aromatic heterocycles. The van der Waals surface area contributed by atoms with Crippen molar-refractivity contribution in [3.05, 3.63) is 42.0 Å². The molecule has 0 atom stereocenters. The zero-order chi connectivity index (χ0) is 10.9. The lowest BCUT2D eigenvalue weighted by Crippen LogP contribution is -2.28. The third-order valence-corrected chi connectivity index (χ3v) is 4.49. The Hall–Kier alpha value is -1.13. The predicted molar refractivity (Wildman–Crippen MR) is 59.1 cm³/mol. The van der Waals surface area contributed by atoms with Gasteiger partial charge in [-0.05, 0) is 18.6 Å². The number of benzene rings is 1. The first-order chi connectivity index (χ1) is 7.12. The monoisotopic (exact) mass is 223 g/mol. The third-order valence-electron chi connectivity index (χ3n) is 2.50. The van der Waals surface area contributed by atoms with E-state index in [1.165, 1.54) is 4.31 Å². The van der Waals surface area contributed by atoms with Crippen LogP contribution in [0.25, 0.3) is 0 Å². The summed E-state index contributed by atoms with van der Waals surface area (Å²) < 4.78 is 25.8. The SMILES string of the molecule is Cc1ccccc1S(=O)(=O)N1CC=CC1. The van der Waals surface area contributed by atoms with Crippen LogP contribution in [0.5, 0.6) is 0 Å². The predicted octanol–water partition coefficient (Wildman–Crippen LogP) is 1.56. The molecule has 1 aromatic carbocycles. The number of nitrogens with zero attached hydrogens (tertiary/aromatic N) is 1. The van der Waals surface area contributed by atoms with Gasteiger partial charge in [-0.3, -0.25) is 0 Å². The summed E-state index contributed by atoms with van der Waals surface area (Å²) in [4.78, 5) is 0.411. The molecule has 1 aromatic rings. The van der Waals surface area contributed by atoms with Crippen LogP contribution in [0.1, 0.15) is 5.56 Å². The van der Waals surface area contributed by atoms with Crippen LogP contribution in [0.3, 0.4) is 0 Å². The van der Waals surface area contributed by atoms with Crippen LogP contribution in [-0.2, 0) is 10.0 Å². The van der Waals surface area contributed by atoms with Gasteiger partial charge in [0.1, 0.15) is 0 Å². The fraction of sp³-hybridized carbons (Fsp3) is 0.273. The summed E-state index contributed by atoms with van der Waals surface area (Å²) in [6, 6.07) is 7.07. The Kier molecular flexibility index (Phi) is 2.63. The Balaban J connectivity index is 2.42. The number of sulfonamides is 1. The summed E-state index contributed by atoms with van der Waals surface area (Å²) >= 11 is 0. The zero-order valence-electron chi connectivity index (χ0n) is 8.55. The maximum atomic E-state index is 12.1. The molecule has 0 spiro atoms. The maximum absolute atomic E-state index is 12.1. The summed E-state index contributed by atoms with van der Waals surface area (Å²) in [5.41, 5.74) is 0.796. The average Bonchev–Trinajstić information content (AvgIpc) is 2.71. The Morgan fingerprint density at radius 2 is 1.73 bits per heavy atom. The summed E-state index contributed by atoms with van der Waals surface area (Å²) in [6.45, 7) is 2.78. The molecule has 0 radical (unpaired) electrons. The van der Waals surface area contributed by atoms with Crippen LogP contribution in [0.4, 0.5) is 0 Å². The molecule has 0 amide bonds. The molecule has 0 unspecified atom stereocenters. The van der Waals surface area contributed by atoms with Gasteiger partial charge >= 0.3 is 0 Å². The molecule has 0 fully saturated rings. The first kappa shape index (κ1) is 10.4. The molecule has 3 nitrogen and oxygen atoms in total. The van der Waals surface area contributed by atoms with Crippen molar-refractivity contribution in [1.82, 2.24) is 4.31 Å². The molecule has 1 aliphatic rings. The minimum atomic E-state index is -3.30. The first-order valence-electron chi connectivity index (χ1n) is 4.83. The average molecular weight is 223 g/mol. The molecule has 0 aliphatic carbocycles. The van der Waals surface area contributed by atoms with Crippen molar-refractivity contribution < 1.29 is 8.42 Å². The second-order valence-electron chi connectivity index (χ2n) is 3.56. The van der Waals surface area contributed by atoms with Crippen molar-refractivity contribution in [2.45, 2.75) is 11.8 Å². The molecule has 0 bridgehead atoms. The summed E-state index contributed by atoms with van der Waals surface area (Å²) in [6.07, 6.45) is 3.74. The van der Waals surface area contributed by atoms with Gasteiger partial charge in [0.2, 0.25) is 10.0 Å². The van der Waals surface area contributed by atoms with Crippen LogP contribution in [-0.4, -0.2) is 25.8 Å². The number of rotatable bonds is 2. The number of hydrogen-bond acceptors (Lipinski definition) is 2. The van der Waals surface area contributed by atoms with E-state index in [2.05, 4.69) is 0 Å². The highest BCUT2D eigenvalue weighted by Crippen LogP contribution is 2.20. The second kappa shape index (κ2) is 3.79. The quantitative estimate of drug-likeness (QED) is 0.713. The smallest absolute Gasteiger partial charge is 0.207 e. The Morgan fingerprint density at radius 3 is 2.33 bits per heavy atom. The topological polar surface area (TPSA) is 37.4 Å². The number of aryl methyl sites for hydroxylation is 1. The third kappa shape index (κ3) is 1.82. The molecule has 1 heterocycles. The second-order valence-corrected chi connectivity index (χ2v) is 5.47. The van der Waals surface area contributed by atoms with Crippen molar-refractivity contribution in [3.8, 4) is 0 Å². The summed E-state index contributed by atoms with van der Waals surface area (Å²) in [5.74, 6) is 0. The van der Waals surface area contributed by atoms with Gasteiger partial charge in [0.15, 0.2) is 0 Å². The normalized spacial score (nSPS) is 17.1. The minimum Gasteiger partial charge on any atom is -0.207 e. The van der Waals surface area contributed by atoms with Crippen molar-refractivity contribution >= 4 is 10.0 Å². The standard InChI is InChI=1S/C11H13NO2S/c1-10-6-2-3-7-11(10)15(13,14)12-8-4-5-9-12/h2-7H,8-9H2,1H3. The van der Waals surface area contributed by atoms with E-state index < -0.39 is 10.0 Å². The van der Waals surface area contributed by atoms with Crippen molar-refractivity contribution in [1.29, 1.82) is 0 Å². The lowest BCUT2D eigenvalue weighted by Gasteiger charge is -2.16. The van der Waals surface area contributed by atoms with Crippen LogP contribution in [0.2, 0.25) is 0 Å². The van der Waals surface area contributed by atoms with Crippen LogP contribution < -0.4 is 0 Å². The van der Waals surface area contributed by atoms with E-state index in [1.807, 2.05) is 31.2 Å². The largest absolute Gasteiger partial charge is 0.243 e. The summed E-state index contributed by atoms with van der Waals surface area (Å²) in [5, 5.41) is 0. The molecular formula is C11H13NO2S. The minimum absolute atomic E-state index is 0.411. The van der Waals surface area contributed by atoms with Crippen molar-refractivity contribution in [2.75, 3.05) is 13.1 Å². The van der Waals surface area contributed by atoms with Gasteiger partial charge in [-0.15, -0.1) is 0 Å². The van der Waals surface area contributed by atoms with Gasteiger partial charge in [-0.2, -0.15) is 4.31 Å². The van der Waals surface area contributed by atoms with E-state index in [4.69, 9.17) is 0 Å². The lowest BCUT2D eigenvalue weighted by atomic mass is 10.2. The van der Waals surface area contributed by atoms with E-state index in [0.29, 0.717) is 18.0 Å². The van der Waals surface area contributed by atoms with Crippen LogP contribution in [0.15, 0.2) is 41.3 Å². The fourth-order valence-corrected chi connectivity index (χ4v) is 3.21. The van der Waals surface area contributed by atoms with Gasteiger partial charge in [0.25, 0.3) is 0 Å². The molecule has 15 heavy (non-hydrogen) atoms. The van der Waals surface area contributed by atoms with E-state index in [-0.39, 0.29) is 0 Å². The van der Waals surface area contributed by atoms with Crippen LogP contribution in [0, 0.1) is 6.92 Å². The number of hydrogen-bond donors (Lipinski definition) is 0. The van der Waals surface area contributed by atoms with Crippen molar-refractivity contribution in [3.63, 3.8) is 0 Å². The van der Waals surface area contributed by atoms with Gasteiger partial charge in [-0.1, -0.05) is 30.4 Å². The van der Waals surface area contributed by atoms with Gasteiger partial charge in [0.05, 0.1) is 4.90 Å². The molecule has 4 heteroatoms.